The summed E-state index contributed by atoms with van der Waals surface area (Å²) < 4.78 is 5.44. The van der Waals surface area contributed by atoms with Crippen molar-refractivity contribution in [3.63, 3.8) is 0 Å². The van der Waals surface area contributed by atoms with Crippen molar-refractivity contribution in [1.29, 1.82) is 0 Å². The molecule has 2 aliphatic rings. The van der Waals surface area contributed by atoms with Gasteiger partial charge in [0.1, 0.15) is 0 Å². The number of aryl methyl sites for hydroxylation is 1. The summed E-state index contributed by atoms with van der Waals surface area (Å²) >= 11 is 0. The van der Waals surface area contributed by atoms with E-state index < -0.39 is 0 Å². The smallest absolute Gasteiger partial charge is 0.230 e. The lowest BCUT2D eigenvalue weighted by molar-refractivity contribution is -0.126. The number of nitrogens with zero attached hydrogens (tertiary/aromatic N) is 3. The number of benzene rings is 2. The molecular formula is C25H26N4O3. The first-order chi connectivity index (χ1) is 15.6. The minimum atomic E-state index is -0.370. The fraction of sp³-hybridized carbons (Fsp3) is 0.360. The lowest BCUT2D eigenvalue weighted by atomic mass is 9.85. The maximum atomic E-state index is 12.7. The summed E-state index contributed by atoms with van der Waals surface area (Å²) in [6, 6.07) is 15.5. The fourth-order valence-electron chi connectivity index (χ4n) is 4.25. The number of carbonyl (C=O) groups is 2. The van der Waals surface area contributed by atoms with Gasteiger partial charge in [0.2, 0.25) is 23.5 Å². The predicted octanol–water partition coefficient (Wildman–Crippen LogP) is 3.98. The van der Waals surface area contributed by atoms with Gasteiger partial charge in [-0.3, -0.25) is 9.59 Å². The third-order valence-corrected chi connectivity index (χ3v) is 6.52. The Balaban J connectivity index is 1.26. The molecule has 1 aromatic heterocycles. The van der Waals surface area contributed by atoms with E-state index in [1.165, 1.54) is 6.42 Å². The van der Waals surface area contributed by atoms with E-state index in [9.17, 15) is 9.59 Å². The highest BCUT2D eigenvalue weighted by atomic mass is 16.5. The van der Waals surface area contributed by atoms with Crippen molar-refractivity contribution in [3.8, 4) is 11.4 Å². The van der Waals surface area contributed by atoms with Crippen molar-refractivity contribution in [2.24, 2.45) is 5.92 Å². The number of anilines is 1. The Morgan fingerprint density at radius 2 is 2.03 bits per heavy atom. The molecule has 1 atom stereocenters. The van der Waals surface area contributed by atoms with E-state index >= 15 is 0 Å². The Labute approximate surface area is 186 Å². The molecule has 2 fully saturated rings. The number of hydrogen-bond donors (Lipinski definition) is 1. The van der Waals surface area contributed by atoms with Gasteiger partial charge >= 0.3 is 0 Å². The monoisotopic (exact) mass is 430 g/mol. The molecule has 3 aromatic rings. The van der Waals surface area contributed by atoms with Crippen molar-refractivity contribution in [1.82, 2.24) is 15.5 Å². The minimum Gasteiger partial charge on any atom is -0.352 e. The van der Waals surface area contributed by atoms with Crippen LogP contribution in [0.5, 0.6) is 0 Å². The van der Waals surface area contributed by atoms with Gasteiger partial charge in [-0.1, -0.05) is 48.0 Å². The topological polar surface area (TPSA) is 88.3 Å². The first-order valence-corrected chi connectivity index (χ1v) is 11.1. The molecule has 0 unspecified atom stereocenters. The molecule has 2 heterocycles. The standard InChI is InChI=1S/C25H26N4O3/c1-16-6-2-3-7-19(16)14-26-24(31)20-13-22(30)29(15-20)21-11-5-10-18(12-21)23-27-25(32-28-23)17-8-4-9-17/h2-3,5-7,10-12,17,20H,4,8-9,13-15H2,1H3,(H,26,31)/t20-/m1/s1. The van der Waals surface area contributed by atoms with E-state index in [1.807, 2.05) is 55.5 Å². The quantitative estimate of drug-likeness (QED) is 0.639. The summed E-state index contributed by atoms with van der Waals surface area (Å²) in [6.07, 6.45) is 3.60. The molecule has 1 aliphatic carbocycles. The van der Waals surface area contributed by atoms with Gasteiger partial charge in [-0.2, -0.15) is 4.98 Å². The van der Waals surface area contributed by atoms with Crippen LogP contribution in [0.2, 0.25) is 0 Å². The van der Waals surface area contributed by atoms with Crippen molar-refractivity contribution in [3.05, 3.63) is 65.5 Å². The predicted molar refractivity (Wildman–Crippen MR) is 120 cm³/mol. The summed E-state index contributed by atoms with van der Waals surface area (Å²) in [6.45, 7) is 2.85. The Hall–Kier alpha value is -3.48. The van der Waals surface area contributed by atoms with Crippen LogP contribution in [0.1, 0.15) is 48.6 Å². The normalized spacial score (nSPS) is 18.6. The van der Waals surface area contributed by atoms with Gasteiger partial charge in [-0.05, 0) is 43.0 Å². The summed E-state index contributed by atoms with van der Waals surface area (Å²) in [5, 5.41) is 7.11. The maximum absolute atomic E-state index is 12.7. The van der Waals surface area contributed by atoms with Gasteiger partial charge in [-0.15, -0.1) is 0 Å². The number of nitrogens with one attached hydrogen (secondary N) is 1. The fourth-order valence-corrected chi connectivity index (χ4v) is 4.25. The first-order valence-electron chi connectivity index (χ1n) is 11.1. The molecule has 2 aromatic carbocycles. The Morgan fingerprint density at radius 1 is 1.19 bits per heavy atom. The van der Waals surface area contributed by atoms with Crippen molar-refractivity contribution in [2.45, 2.75) is 45.1 Å². The average molecular weight is 431 g/mol. The van der Waals surface area contributed by atoms with Gasteiger partial charge in [-0.25, -0.2) is 0 Å². The number of aromatic nitrogens is 2. The van der Waals surface area contributed by atoms with Crippen LogP contribution in [0.3, 0.4) is 0 Å². The van der Waals surface area contributed by atoms with E-state index in [-0.39, 0.29) is 24.2 Å². The van der Waals surface area contributed by atoms with Crippen LogP contribution in [-0.2, 0) is 16.1 Å². The zero-order valence-corrected chi connectivity index (χ0v) is 18.1. The molecule has 0 bridgehead atoms. The molecule has 0 radical (unpaired) electrons. The van der Waals surface area contributed by atoms with Crippen LogP contribution in [0.25, 0.3) is 11.4 Å². The summed E-state index contributed by atoms with van der Waals surface area (Å²) in [5.41, 5.74) is 3.76. The molecule has 1 N–H and O–H groups in total. The molecule has 164 valence electrons. The van der Waals surface area contributed by atoms with Crippen LogP contribution < -0.4 is 10.2 Å². The molecular weight excluding hydrogens is 404 g/mol. The number of hydrogen-bond acceptors (Lipinski definition) is 5. The summed E-state index contributed by atoms with van der Waals surface area (Å²) in [7, 11) is 0. The van der Waals surface area contributed by atoms with Crippen LogP contribution in [0.15, 0.2) is 53.1 Å². The van der Waals surface area contributed by atoms with E-state index in [0.717, 1.165) is 35.2 Å². The lowest BCUT2D eigenvalue weighted by Gasteiger charge is -2.20. The molecule has 0 spiro atoms. The van der Waals surface area contributed by atoms with E-state index in [4.69, 9.17) is 4.52 Å². The Kier molecular flexibility index (Phi) is 5.47. The second kappa shape index (κ2) is 8.57. The van der Waals surface area contributed by atoms with Gasteiger partial charge in [0.25, 0.3) is 0 Å². The van der Waals surface area contributed by atoms with Gasteiger partial charge in [0.05, 0.1) is 5.92 Å². The van der Waals surface area contributed by atoms with Gasteiger partial charge < -0.3 is 14.7 Å². The molecule has 1 saturated heterocycles. The minimum absolute atomic E-state index is 0.0542. The zero-order chi connectivity index (χ0) is 22.1. The maximum Gasteiger partial charge on any atom is 0.230 e. The van der Waals surface area contributed by atoms with Crippen molar-refractivity contribution in [2.75, 3.05) is 11.4 Å². The van der Waals surface area contributed by atoms with E-state index in [0.29, 0.717) is 30.7 Å². The SMILES string of the molecule is Cc1ccccc1CNC(=O)[C@@H]1CC(=O)N(c2cccc(-c3noc(C4CCC4)n3)c2)C1. The first kappa shape index (κ1) is 20.4. The third-order valence-electron chi connectivity index (χ3n) is 6.52. The van der Waals surface area contributed by atoms with Crippen LogP contribution >= 0.6 is 0 Å². The summed E-state index contributed by atoms with van der Waals surface area (Å²) in [4.78, 5) is 31.6. The number of amides is 2. The second-order valence-corrected chi connectivity index (χ2v) is 8.68. The van der Waals surface area contributed by atoms with Crippen LogP contribution in [0.4, 0.5) is 5.69 Å². The molecule has 32 heavy (non-hydrogen) atoms. The van der Waals surface area contributed by atoms with Gasteiger partial charge in [0.15, 0.2) is 0 Å². The molecule has 1 saturated carbocycles. The highest BCUT2D eigenvalue weighted by molar-refractivity contribution is 6.00. The van der Waals surface area contributed by atoms with E-state index in [1.54, 1.807) is 4.90 Å². The highest BCUT2D eigenvalue weighted by Gasteiger charge is 2.35. The van der Waals surface area contributed by atoms with E-state index in [2.05, 4.69) is 15.5 Å². The molecule has 5 rings (SSSR count). The van der Waals surface area contributed by atoms with Crippen molar-refractivity contribution >= 4 is 17.5 Å². The highest BCUT2D eigenvalue weighted by Crippen LogP contribution is 2.36. The lowest BCUT2D eigenvalue weighted by Crippen LogP contribution is -2.32. The number of rotatable bonds is 6. The Bertz CT molecular complexity index is 1150. The van der Waals surface area contributed by atoms with Crippen LogP contribution in [0, 0.1) is 12.8 Å². The number of carbonyl (C=O) groups excluding carboxylic acids is 2. The van der Waals surface area contributed by atoms with Crippen molar-refractivity contribution < 1.29 is 14.1 Å². The average Bonchev–Trinajstić information content (AvgIpc) is 3.39. The third kappa shape index (κ3) is 4.02. The molecule has 7 heteroatoms. The molecule has 2 amide bonds. The molecule has 1 aliphatic heterocycles. The van der Waals surface area contributed by atoms with Crippen LogP contribution in [-0.4, -0.2) is 28.5 Å². The molecule has 7 nitrogen and oxygen atoms in total. The summed E-state index contributed by atoms with van der Waals surface area (Å²) in [5.74, 6) is 1.08. The largest absolute Gasteiger partial charge is 0.352 e. The second-order valence-electron chi connectivity index (χ2n) is 8.68. The Morgan fingerprint density at radius 3 is 2.81 bits per heavy atom. The van der Waals surface area contributed by atoms with Gasteiger partial charge in [0, 0.05) is 36.7 Å². The zero-order valence-electron chi connectivity index (χ0n) is 18.1.